The molecule has 0 saturated carbocycles. The molecule has 4 nitrogen and oxygen atoms in total. The van der Waals surface area contributed by atoms with Gasteiger partial charge in [0.15, 0.2) is 0 Å². The number of halogens is 1. The first-order valence-electron chi connectivity index (χ1n) is 10.3. The molecule has 31 heavy (non-hydrogen) atoms. The van der Waals surface area contributed by atoms with E-state index < -0.39 is 17.3 Å². The first-order valence-corrected chi connectivity index (χ1v) is 11.1. The molecule has 3 aromatic rings. The highest BCUT2D eigenvalue weighted by Gasteiger charge is 2.70. The lowest BCUT2D eigenvalue weighted by Crippen LogP contribution is -2.57. The lowest BCUT2D eigenvalue weighted by molar-refractivity contribution is -0.132. The summed E-state index contributed by atoms with van der Waals surface area (Å²) in [6.45, 7) is 1.55. The van der Waals surface area contributed by atoms with Crippen molar-refractivity contribution in [3.05, 3.63) is 99.5 Å². The molecule has 0 spiro atoms. The minimum atomic E-state index is -1.16. The van der Waals surface area contributed by atoms with Crippen molar-refractivity contribution in [3.63, 3.8) is 0 Å². The van der Waals surface area contributed by atoms with Crippen molar-refractivity contribution >= 4 is 39.2 Å². The van der Waals surface area contributed by atoms with Gasteiger partial charge in [0.25, 0.3) is 0 Å². The van der Waals surface area contributed by atoms with Crippen LogP contribution >= 0.6 is 15.9 Å². The quantitative estimate of drug-likeness (QED) is 0.513. The van der Waals surface area contributed by atoms with Gasteiger partial charge in [-0.25, -0.2) is 4.90 Å². The fraction of sp³-hybridized carbons (Fsp3) is 0.192. The normalized spacial score (nSPS) is 27.7. The lowest BCUT2D eigenvalue weighted by Gasteiger charge is -2.52. The zero-order valence-electron chi connectivity index (χ0n) is 16.7. The Morgan fingerprint density at radius 3 is 1.97 bits per heavy atom. The molecule has 0 radical (unpaired) electrons. The third kappa shape index (κ3) is 2.07. The molecule has 3 aliphatic carbocycles. The summed E-state index contributed by atoms with van der Waals surface area (Å²) in [6, 6.07) is 22.9. The fourth-order valence-electron chi connectivity index (χ4n) is 6.24. The van der Waals surface area contributed by atoms with Gasteiger partial charge >= 0.3 is 0 Å². The Hall–Kier alpha value is -3.05. The van der Waals surface area contributed by atoms with Crippen LogP contribution in [0.5, 0.6) is 0 Å². The monoisotopic (exact) mass is 471 g/mol. The molecular formula is C26H18BrNO3. The summed E-state index contributed by atoms with van der Waals surface area (Å²) < 4.78 is 0.676. The molecule has 3 aromatic carbocycles. The smallest absolute Gasteiger partial charge is 0.239 e. The number of Topliss-reactive ketones (excluding diaryl/α,β-unsaturated/α-hetero) is 1. The predicted molar refractivity (Wildman–Crippen MR) is 120 cm³/mol. The highest BCUT2D eigenvalue weighted by atomic mass is 79.9. The maximum absolute atomic E-state index is 14.0. The molecule has 152 valence electrons. The van der Waals surface area contributed by atoms with Crippen LogP contribution in [0.4, 0.5) is 5.69 Å². The van der Waals surface area contributed by atoms with Crippen LogP contribution in [0.2, 0.25) is 0 Å². The summed E-state index contributed by atoms with van der Waals surface area (Å²) in [7, 11) is 0. The van der Waals surface area contributed by atoms with Crippen molar-refractivity contribution in [3.8, 4) is 0 Å². The van der Waals surface area contributed by atoms with Crippen LogP contribution in [0.3, 0.4) is 0 Å². The van der Waals surface area contributed by atoms with E-state index >= 15 is 0 Å². The van der Waals surface area contributed by atoms with Crippen LogP contribution < -0.4 is 4.90 Å². The van der Waals surface area contributed by atoms with Crippen molar-refractivity contribution < 1.29 is 14.4 Å². The van der Waals surface area contributed by atoms with E-state index in [4.69, 9.17) is 0 Å². The Bertz CT molecular complexity index is 1270. The Morgan fingerprint density at radius 2 is 1.39 bits per heavy atom. The van der Waals surface area contributed by atoms with Crippen LogP contribution in [0.1, 0.15) is 35.1 Å². The average Bonchev–Trinajstić information content (AvgIpc) is 3.05. The lowest BCUT2D eigenvalue weighted by atomic mass is 9.46. The zero-order valence-corrected chi connectivity index (χ0v) is 18.3. The van der Waals surface area contributed by atoms with E-state index in [-0.39, 0.29) is 23.5 Å². The number of hydrogen-bond acceptors (Lipinski definition) is 3. The summed E-state index contributed by atoms with van der Waals surface area (Å²) in [4.78, 5) is 42.6. The number of anilines is 1. The van der Waals surface area contributed by atoms with Crippen LogP contribution in [-0.4, -0.2) is 17.6 Å². The maximum atomic E-state index is 14.0. The van der Waals surface area contributed by atoms with E-state index in [0.717, 1.165) is 22.3 Å². The molecule has 1 aliphatic heterocycles. The van der Waals surface area contributed by atoms with Crippen molar-refractivity contribution in [2.75, 3.05) is 4.90 Å². The van der Waals surface area contributed by atoms with E-state index in [2.05, 4.69) is 15.9 Å². The van der Waals surface area contributed by atoms with E-state index in [9.17, 15) is 14.4 Å². The minimum Gasteiger partial charge on any atom is -0.299 e. The van der Waals surface area contributed by atoms with Crippen molar-refractivity contribution in [2.24, 2.45) is 11.8 Å². The van der Waals surface area contributed by atoms with Gasteiger partial charge in [0.1, 0.15) is 5.78 Å². The van der Waals surface area contributed by atoms with E-state index in [1.165, 1.54) is 4.90 Å². The summed E-state index contributed by atoms with van der Waals surface area (Å²) in [5, 5.41) is 0. The number of amides is 2. The molecule has 2 amide bonds. The number of carbonyl (C=O) groups is 3. The summed E-state index contributed by atoms with van der Waals surface area (Å²) in [6.07, 6.45) is 0. The summed E-state index contributed by atoms with van der Waals surface area (Å²) >= 11 is 3.49. The van der Waals surface area contributed by atoms with Gasteiger partial charge in [-0.15, -0.1) is 0 Å². The maximum Gasteiger partial charge on any atom is 0.239 e. The Balaban J connectivity index is 1.69. The highest BCUT2D eigenvalue weighted by Crippen LogP contribution is 2.64. The zero-order chi connectivity index (χ0) is 21.5. The molecule has 1 heterocycles. The second-order valence-electron chi connectivity index (χ2n) is 8.48. The number of imide groups is 1. The van der Waals surface area contributed by atoms with Gasteiger partial charge in [-0.1, -0.05) is 60.7 Å². The van der Waals surface area contributed by atoms with E-state index in [1.54, 1.807) is 13.0 Å². The Morgan fingerprint density at radius 1 is 0.839 bits per heavy atom. The molecule has 7 rings (SSSR count). The third-order valence-corrected chi connectivity index (χ3v) is 7.94. The van der Waals surface area contributed by atoms with Gasteiger partial charge in [0, 0.05) is 10.4 Å². The number of para-hydroxylation sites is 1. The Labute approximate surface area is 188 Å². The van der Waals surface area contributed by atoms with Crippen LogP contribution in [0.25, 0.3) is 0 Å². The van der Waals surface area contributed by atoms with Crippen molar-refractivity contribution in [1.29, 1.82) is 0 Å². The number of nitrogens with zero attached hydrogens (tertiary/aromatic N) is 1. The molecule has 5 heteroatoms. The van der Waals surface area contributed by atoms with Gasteiger partial charge in [0.2, 0.25) is 11.8 Å². The standard InChI is InChI=1S/C26H18BrNO3/c1-14(29)26-17-10-4-2-8-15(17)21(16-9-3-5-11-18(16)26)22-23(26)25(31)28(24(22)30)20-13-7-6-12-19(20)27/h2-13,21-23H,1H3/t21?,22-,23+,26?/m0/s1. The third-order valence-electron chi connectivity index (χ3n) is 7.27. The van der Waals surface area contributed by atoms with Gasteiger partial charge in [-0.3, -0.25) is 14.4 Å². The number of rotatable bonds is 2. The Kier molecular flexibility index (Phi) is 3.76. The molecular weight excluding hydrogens is 454 g/mol. The number of carbonyl (C=O) groups excluding carboxylic acids is 3. The molecule has 2 bridgehead atoms. The number of benzene rings is 3. The van der Waals surface area contributed by atoms with Gasteiger partial charge in [0.05, 0.1) is 22.9 Å². The predicted octanol–water partition coefficient (Wildman–Crippen LogP) is 4.59. The highest BCUT2D eigenvalue weighted by molar-refractivity contribution is 9.10. The first kappa shape index (κ1) is 18.7. The van der Waals surface area contributed by atoms with E-state index in [1.807, 2.05) is 66.7 Å². The van der Waals surface area contributed by atoms with Gasteiger partial charge in [-0.05, 0) is 57.2 Å². The average molecular weight is 472 g/mol. The van der Waals surface area contributed by atoms with Crippen LogP contribution in [0.15, 0.2) is 77.3 Å². The summed E-state index contributed by atoms with van der Waals surface area (Å²) in [5.41, 5.74) is 3.05. The van der Waals surface area contributed by atoms with Crippen LogP contribution in [0, 0.1) is 11.8 Å². The molecule has 1 saturated heterocycles. The molecule has 0 unspecified atom stereocenters. The second-order valence-corrected chi connectivity index (χ2v) is 9.34. The van der Waals surface area contributed by atoms with E-state index in [0.29, 0.717) is 10.2 Å². The SMILES string of the molecule is CC(=O)C12c3ccccc3C(c3ccccc31)[C@@H]1C(=O)N(c3ccccc3Br)C(=O)[C@@H]12. The van der Waals surface area contributed by atoms with Crippen molar-refractivity contribution in [1.82, 2.24) is 0 Å². The molecule has 1 fully saturated rings. The number of hydrogen-bond donors (Lipinski definition) is 0. The number of ketones is 1. The molecule has 4 aliphatic rings. The molecule has 0 aromatic heterocycles. The largest absolute Gasteiger partial charge is 0.299 e. The summed E-state index contributed by atoms with van der Waals surface area (Å²) in [5.74, 6) is -2.24. The minimum absolute atomic E-state index is 0.101. The van der Waals surface area contributed by atoms with Gasteiger partial charge in [-0.2, -0.15) is 0 Å². The first-order chi connectivity index (χ1) is 15.0. The molecule has 0 N–H and O–H groups in total. The van der Waals surface area contributed by atoms with Crippen LogP contribution in [-0.2, 0) is 19.8 Å². The fourth-order valence-corrected chi connectivity index (χ4v) is 6.70. The van der Waals surface area contributed by atoms with Gasteiger partial charge < -0.3 is 0 Å². The van der Waals surface area contributed by atoms with Crippen molar-refractivity contribution in [2.45, 2.75) is 18.3 Å². The topological polar surface area (TPSA) is 54.5 Å². The molecule has 2 atom stereocenters. The second kappa shape index (κ2) is 6.24.